The first-order valence-corrected chi connectivity index (χ1v) is 6.53. The summed E-state index contributed by atoms with van der Waals surface area (Å²) in [5, 5.41) is 1.07. The van der Waals surface area contributed by atoms with E-state index < -0.39 is 0 Å². The maximum atomic E-state index is 13.3. The molecule has 2 heteroatoms. The van der Waals surface area contributed by atoms with Gasteiger partial charge in [0.1, 0.15) is 5.82 Å². The second-order valence-corrected chi connectivity index (χ2v) is 4.57. The number of aromatic nitrogens is 1. The zero-order valence-corrected chi connectivity index (χ0v) is 10.7. The Morgan fingerprint density at radius 3 is 2.71 bits per heavy atom. The van der Waals surface area contributed by atoms with Gasteiger partial charge in [-0.05, 0) is 36.6 Å². The molecule has 1 aromatic heterocycles. The van der Waals surface area contributed by atoms with Crippen LogP contribution in [0.15, 0.2) is 24.4 Å². The van der Waals surface area contributed by atoms with E-state index in [9.17, 15) is 4.39 Å². The lowest BCUT2D eigenvalue weighted by Crippen LogP contribution is -1.95. The summed E-state index contributed by atoms with van der Waals surface area (Å²) in [6.07, 6.45) is 6.82. The summed E-state index contributed by atoms with van der Waals surface area (Å²) in [7, 11) is 0. The van der Waals surface area contributed by atoms with E-state index >= 15 is 0 Å². The molecular weight excluding hydrogens is 213 g/mol. The minimum atomic E-state index is -0.140. The molecule has 0 radical (unpaired) electrons. The fourth-order valence-electron chi connectivity index (χ4n) is 2.34. The van der Waals surface area contributed by atoms with Gasteiger partial charge in [0.25, 0.3) is 0 Å². The smallest absolute Gasteiger partial charge is 0.123 e. The van der Waals surface area contributed by atoms with Crippen LogP contribution in [0.3, 0.4) is 0 Å². The Hall–Kier alpha value is -1.31. The van der Waals surface area contributed by atoms with Crippen molar-refractivity contribution >= 4 is 10.9 Å². The maximum Gasteiger partial charge on any atom is 0.123 e. The van der Waals surface area contributed by atoms with Crippen LogP contribution < -0.4 is 0 Å². The molecule has 2 aromatic rings. The number of fused-ring (bicyclic) bond motifs is 1. The first-order valence-electron chi connectivity index (χ1n) is 6.53. The van der Waals surface area contributed by atoms with Gasteiger partial charge < -0.3 is 4.57 Å². The van der Waals surface area contributed by atoms with E-state index in [1.807, 2.05) is 6.07 Å². The van der Waals surface area contributed by atoms with Crippen LogP contribution in [0.5, 0.6) is 0 Å². The van der Waals surface area contributed by atoms with E-state index in [0.717, 1.165) is 18.4 Å². The van der Waals surface area contributed by atoms with Crippen molar-refractivity contribution in [1.29, 1.82) is 0 Å². The van der Waals surface area contributed by atoms with Gasteiger partial charge in [0.05, 0.1) is 0 Å². The summed E-state index contributed by atoms with van der Waals surface area (Å²) in [6.45, 7) is 5.37. The molecule has 0 fully saturated rings. The van der Waals surface area contributed by atoms with Crippen LogP contribution >= 0.6 is 0 Å². The standard InChI is InChI=1S/C15H20FN/c1-3-5-6-9-17-11-12(4-2)14-10-13(16)7-8-15(14)17/h7-8,10-11H,3-6,9H2,1-2H3. The summed E-state index contributed by atoms with van der Waals surface area (Å²) in [6, 6.07) is 5.11. The number of rotatable bonds is 5. The molecule has 0 unspecified atom stereocenters. The molecule has 0 aliphatic heterocycles. The number of hydrogen-bond acceptors (Lipinski definition) is 0. The van der Waals surface area contributed by atoms with Gasteiger partial charge in [0, 0.05) is 23.6 Å². The Labute approximate surface area is 102 Å². The van der Waals surface area contributed by atoms with E-state index in [0.29, 0.717) is 0 Å². The Kier molecular flexibility index (Phi) is 3.82. The van der Waals surface area contributed by atoms with Crippen molar-refractivity contribution in [2.75, 3.05) is 0 Å². The molecule has 1 heterocycles. The minimum Gasteiger partial charge on any atom is -0.347 e. The highest BCUT2D eigenvalue weighted by molar-refractivity contribution is 5.84. The van der Waals surface area contributed by atoms with Crippen LogP contribution in [0.4, 0.5) is 4.39 Å². The average molecular weight is 233 g/mol. The number of aryl methyl sites for hydroxylation is 2. The predicted octanol–water partition coefficient (Wildman–Crippen LogP) is 4.53. The summed E-state index contributed by atoms with van der Waals surface area (Å²) in [4.78, 5) is 0. The van der Waals surface area contributed by atoms with Crippen molar-refractivity contribution in [1.82, 2.24) is 4.57 Å². The third-order valence-corrected chi connectivity index (χ3v) is 3.31. The molecule has 0 bridgehead atoms. The Morgan fingerprint density at radius 2 is 2.00 bits per heavy atom. The van der Waals surface area contributed by atoms with Crippen LogP contribution in [0.1, 0.15) is 38.7 Å². The first-order chi connectivity index (χ1) is 8.26. The van der Waals surface area contributed by atoms with E-state index in [2.05, 4.69) is 24.6 Å². The first kappa shape index (κ1) is 12.2. The molecule has 0 aliphatic carbocycles. The minimum absolute atomic E-state index is 0.140. The highest BCUT2D eigenvalue weighted by Gasteiger charge is 2.07. The molecule has 92 valence electrons. The lowest BCUT2D eigenvalue weighted by molar-refractivity contribution is 0.614. The highest BCUT2D eigenvalue weighted by atomic mass is 19.1. The Morgan fingerprint density at radius 1 is 1.18 bits per heavy atom. The van der Waals surface area contributed by atoms with Crippen LogP contribution in [0.25, 0.3) is 10.9 Å². The van der Waals surface area contributed by atoms with Gasteiger partial charge >= 0.3 is 0 Å². The third kappa shape index (κ3) is 2.51. The van der Waals surface area contributed by atoms with Gasteiger partial charge in [-0.3, -0.25) is 0 Å². The molecule has 0 N–H and O–H groups in total. The molecule has 0 amide bonds. The topological polar surface area (TPSA) is 4.93 Å². The Balaban J connectivity index is 2.35. The zero-order chi connectivity index (χ0) is 12.3. The fourth-order valence-corrected chi connectivity index (χ4v) is 2.34. The molecule has 0 atom stereocenters. The van der Waals surface area contributed by atoms with Gasteiger partial charge in [-0.2, -0.15) is 0 Å². The molecular formula is C15H20FN. The summed E-state index contributed by atoms with van der Waals surface area (Å²) >= 11 is 0. The lowest BCUT2D eigenvalue weighted by Gasteiger charge is -2.04. The number of hydrogen-bond donors (Lipinski definition) is 0. The summed E-state index contributed by atoms with van der Waals surface area (Å²) in [5.41, 5.74) is 2.41. The van der Waals surface area contributed by atoms with Crippen LogP contribution in [-0.4, -0.2) is 4.57 Å². The molecule has 0 saturated carbocycles. The number of benzene rings is 1. The zero-order valence-electron chi connectivity index (χ0n) is 10.7. The van der Waals surface area contributed by atoms with Gasteiger partial charge in [-0.1, -0.05) is 26.7 Å². The molecule has 2 rings (SSSR count). The van der Waals surface area contributed by atoms with Crippen molar-refractivity contribution in [2.24, 2.45) is 0 Å². The van der Waals surface area contributed by atoms with E-state index in [1.165, 1.54) is 30.3 Å². The average Bonchev–Trinajstić information content (AvgIpc) is 2.67. The fraction of sp³-hybridized carbons (Fsp3) is 0.467. The largest absolute Gasteiger partial charge is 0.347 e. The van der Waals surface area contributed by atoms with Crippen LogP contribution in [-0.2, 0) is 13.0 Å². The van der Waals surface area contributed by atoms with Gasteiger partial charge in [-0.15, -0.1) is 0 Å². The van der Waals surface area contributed by atoms with Gasteiger partial charge in [0.15, 0.2) is 0 Å². The quantitative estimate of drug-likeness (QED) is 0.668. The lowest BCUT2D eigenvalue weighted by atomic mass is 10.1. The van der Waals surface area contributed by atoms with E-state index in [1.54, 1.807) is 12.1 Å². The molecule has 0 spiro atoms. The molecule has 0 saturated heterocycles. The number of halogens is 1. The van der Waals surface area contributed by atoms with Crippen LogP contribution in [0, 0.1) is 5.82 Å². The second kappa shape index (κ2) is 5.35. The van der Waals surface area contributed by atoms with Gasteiger partial charge in [0.2, 0.25) is 0 Å². The highest BCUT2D eigenvalue weighted by Crippen LogP contribution is 2.23. The SMILES string of the molecule is CCCCCn1cc(CC)c2cc(F)ccc21. The number of unbranched alkanes of at least 4 members (excludes halogenated alkanes) is 2. The van der Waals surface area contributed by atoms with E-state index in [4.69, 9.17) is 0 Å². The summed E-state index contributed by atoms with van der Waals surface area (Å²) in [5.74, 6) is -0.140. The molecule has 1 nitrogen and oxygen atoms in total. The van der Waals surface area contributed by atoms with Crippen molar-refractivity contribution in [3.63, 3.8) is 0 Å². The summed E-state index contributed by atoms with van der Waals surface area (Å²) < 4.78 is 15.5. The van der Waals surface area contributed by atoms with Crippen molar-refractivity contribution in [3.05, 3.63) is 35.8 Å². The van der Waals surface area contributed by atoms with Gasteiger partial charge in [-0.25, -0.2) is 4.39 Å². The normalized spacial score (nSPS) is 11.2. The second-order valence-electron chi connectivity index (χ2n) is 4.57. The van der Waals surface area contributed by atoms with Crippen molar-refractivity contribution in [3.8, 4) is 0 Å². The monoisotopic (exact) mass is 233 g/mol. The maximum absolute atomic E-state index is 13.3. The molecule has 17 heavy (non-hydrogen) atoms. The predicted molar refractivity (Wildman–Crippen MR) is 70.8 cm³/mol. The van der Waals surface area contributed by atoms with E-state index in [-0.39, 0.29) is 5.82 Å². The van der Waals surface area contributed by atoms with Crippen molar-refractivity contribution < 1.29 is 4.39 Å². The third-order valence-electron chi connectivity index (χ3n) is 3.31. The Bertz CT molecular complexity index is 499. The van der Waals surface area contributed by atoms with Crippen molar-refractivity contribution in [2.45, 2.75) is 46.1 Å². The molecule has 0 aliphatic rings. The number of nitrogens with zero attached hydrogens (tertiary/aromatic N) is 1. The van der Waals surface area contributed by atoms with Crippen LogP contribution in [0.2, 0.25) is 0 Å². The molecule has 1 aromatic carbocycles.